The molecule has 2 N–H and O–H groups in total. The lowest BCUT2D eigenvalue weighted by atomic mass is 10.1. The first kappa shape index (κ1) is 28.5. The van der Waals surface area contributed by atoms with Crippen LogP contribution in [0.25, 0.3) is 0 Å². The summed E-state index contributed by atoms with van der Waals surface area (Å²) in [4.78, 5) is 40.3. The number of carbonyl (C=O) groups is 3. The summed E-state index contributed by atoms with van der Waals surface area (Å²) in [7, 11) is 0. The van der Waals surface area contributed by atoms with Crippen molar-refractivity contribution < 1.29 is 37.1 Å². The molecule has 3 rings (SSSR count). The average Bonchev–Trinajstić information content (AvgIpc) is 2.84. The largest absolute Gasteiger partial charge is 0.490 e. The summed E-state index contributed by atoms with van der Waals surface area (Å²) in [6.45, 7) is 6.89. The molecule has 0 atom stereocenters. The Hall–Kier alpha value is -2.73. The van der Waals surface area contributed by atoms with Crippen molar-refractivity contribution in [2.75, 3.05) is 58.9 Å². The number of nitrogens with one attached hydrogen (secondary N) is 1. The maximum atomic E-state index is 13.6. The van der Waals surface area contributed by atoms with Gasteiger partial charge in [-0.2, -0.15) is 13.2 Å². The van der Waals surface area contributed by atoms with Crippen molar-refractivity contribution in [1.29, 1.82) is 0 Å². The standard InChI is InChI=1S/C21H31FN4O2.C2HF3O2/c22-19-6-4-5-18(17-19)21(28)26(16-15-24-10-2-1-3-11-24)12-7-20(27)25-13-8-23-9-14-25;3-2(4,5)1(6)7/h4-6,17,23H,1-3,7-16H2;(H,6,7). The summed E-state index contributed by atoms with van der Waals surface area (Å²) in [6, 6.07) is 5.80. The number of carboxylic acid groups (broad SMARTS) is 1. The SMILES string of the molecule is O=C(CCN(CCN1CCCCC1)C(=O)c1cccc(F)c1)N1CCNCC1.O=C(O)C(F)(F)F. The number of likely N-dealkylation sites (tertiary alicyclic amines) is 1. The van der Waals surface area contributed by atoms with Gasteiger partial charge in [0.2, 0.25) is 5.91 Å². The third-order valence-electron chi connectivity index (χ3n) is 5.80. The molecule has 2 aliphatic heterocycles. The van der Waals surface area contributed by atoms with E-state index in [-0.39, 0.29) is 11.8 Å². The Bertz CT molecular complexity index is 841. The van der Waals surface area contributed by atoms with Crippen molar-refractivity contribution in [1.82, 2.24) is 20.0 Å². The molecule has 0 spiro atoms. The third kappa shape index (κ3) is 10.2. The quantitative estimate of drug-likeness (QED) is 0.554. The number of hydrogen-bond acceptors (Lipinski definition) is 5. The summed E-state index contributed by atoms with van der Waals surface area (Å²) in [5.74, 6) is -3.30. The lowest BCUT2D eigenvalue weighted by molar-refractivity contribution is -0.192. The zero-order valence-corrected chi connectivity index (χ0v) is 19.5. The Morgan fingerprint density at radius 3 is 2.20 bits per heavy atom. The number of hydrogen-bond donors (Lipinski definition) is 2. The molecule has 1 aromatic rings. The number of carbonyl (C=O) groups excluding carboxylic acids is 2. The maximum Gasteiger partial charge on any atom is 0.490 e. The minimum Gasteiger partial charge on any atom is -0.475 e. The minimum atomic E-state index is -5.08. The number of aliphatic carboxylic acids is 1. The van der Waals surface area contributed by atoms with Crippen LogP contribution in [-0.4, -0.2) is 103 Å². The number of piperidine rings is 1. The van der Waals surface area contributed by atoms with Gasteiger partial charge in [-0.1, -0.05) is 12.5 Å². The molecule has 0 bridgehead atoms. The van der Waals surface area contributed by atoms with Gasteiger partial charge in [-0.3, -0.25) is 9.59 Å². The highest BCUT2D eigenvalue weighted by atomic mass is 19.4. The van der Waals surface area contributed by atoms with E-state index in [1.165, 1.54) is 31.4 Å². The van der Waals surface area contributed by atoms with Crippen LogP contribution in [-0.2, 0) is 9.59 Å². The van der Waals surface area contributed by atoms with Gasteiger partial charge in [0.25, 0.3) is 5.91 Å². The number of rotatable bonds is 7. The lowest BCUT2D eigenvalue weighted by Crippen LogP contribution is -2.47. The van der Waals surface area contributed by atoms with Gasteiger partial charge in [-0.05, 0) is 44.1 Å². The van der Waals surface area contributed by atoms with Gasteiger partial charge in [-0.25, -0.2) is 9.18 Å². The summed E-state index contributed by atoms with van der Waals surface area (Å²) < 4.78 is 45.3. The zero-order chi connectivity index (χ0) is 25.8. The molecule has 0 radical (unpaired) electrons. The molecule has 0 unspecified atom stereocenters. The van der Waals surface area contributed by atoms with Crippen molar-refractivity contribution in [2.45, 2.75) is 31.9 Å². The maximum absolute atomic E-state index is 13.6. The van der Waals surface area contributed by atoms with E-state index in [9.17, 15) is 27.2 Å². The van der Waals surface area contributed by atoms with Gasteiger partial charge in [-0.15, -0.1) is 0 Å². The van der Waals surface area contributed by atoms with Gasteiger partial charge in [0.05, 0.1) is 0 Å². The van der Waals surface area contributed by atoms with Crippen molar-refractivity contribution in [3.05, 3.63) is 35.6 Å². The summed E-state index contributed by atoms with van der Waals surface area (Å²) in [5, 5.41) is 10.4. The number of alkyl halides is 3. The monoisotopic (exact) mass is 504 g/mol. The van der Waals surface area contributed by atoms with Crippen LogP contribution in [0.3, 0.4) is 0 Å². The van der Waals surface area contributed by atoms with E-state index < -0.39 is 18.0 Å². The number of piperazine rings is 1. The van der Waals surface area contributed by atoms with Crippen LogP contribution < -0.4 is 5.32 Å². The van der Waals surface area contributed by atoms with Crippen LogP contribution in [0.4, 0.5) is 17.6 Å². The first-order valence-electron chi connectivity index (χ1n) is 11.6. The molecule has 196 valence electrons. The number of benzene rings is 1. The molecule has 0 aliphatic carbocycles. The van der Waals surface area contributed by atoms with E-state index in [1.54, 1.807) is 17.0 Å². The molecule has 8 nitrogen and oxygen atoms in total. The average molecular weight is 505 g/mol. The van der Waals surface area contributed by atoms with Crippen molar-refractivity contribution in [3.8, 4) is 0 Å². The highest BCUT2D eigenvalue weighted by Gasteiger charge is 2.38. The van der Waals surface area contributed by atoms with E-state index >= 15 is 0 Å². The normalized spacial score (nSPS) is 16.7. The molecule has 12 heteroatoms. The summed E-state index contributed by atoms with van der Waals surface area (Å²) in [5.41, 5.74) is 0.341. The number of carboxylic acids is 1. The second-order valence-electron chi connectivity index (χ2n) is 8.39. The molecule has 2 aliphatic rings. The molecule has 2 fully saturated rings. The van der Waals surface area contributed by atoms with Crippen molar-refractivity contribution >= 4 is 17.8 Å². The number of amides is 2. The molecule has 2 amide bonds. The van der Waals surface area contributed by atoms with Gasteiger partial charge in [0, 0.05) is 57.8 Å². The number of nitrogens with zero attached hydrogens (tertiary/aromatic N) is 3. The fourth-order valence-electron chi connectivity index (χ4n) is 3.87. The Morgan fingerprint density at radius 1 is 1.00 bits per heavy atom. The molecule has 0 saturated carbocycles. The smallest absolute Gasteiger partial charge is 0.475 e. The predicted molar refractivity (Wildman–Crippen MR) is 120 cm³/mol. The highest BCUT2D eigenvalue weighted by Crippen LogP contribution is 2.13. The van der Waals surface area contributed by atoms with E-state index in [2.05, 4.69) is 10.2 Å². The van der Waals surface area contributed by atoms with E-state index in [0.717, 1.165) is 32.7 Å². The van der Waals surface area contributed by atoms with Crippen LogP contribution >= 0.6 is 0 Å². The van der Waals surface area contributed by atoms with Crippen LogP contribution in [0.1, 0.15) is 36.0 Å². The van der Waals surface area contributed by atoms with Crippen LogP contribution in [0.5, 0.6) is 0 Å². The highest BCUT2D eigenvalue weighted by molar-refractivity contribution is 5.94. The second kappa shape index (κ2) is 14.0. The van der Waals surface area contributed by atoms with Crippen LogP contribution in [0.15, 0.2) is 24.3 Å². The van der Waals surface area contributed by atoms with Crippen LogP contribution in [0.2, 0.25) is 0 Å². The fraction of sp³-hybridized carbons (Fsp3) is 0.609. The first-order valence-corrected chi connectivity index (χ1v) is 11.6. The van der Waals surface area contributed by atoms with Gasteiger partial charge >= 0.3 is 12.1 Å². The Balaban J connectivity index is 0.000000540. The fourth-order valence-corrected chi connectivity index (χ4v) is 3.87. The van der Waals surface area contributed by atoms with E-state index in [4.69, 9.17) is 9.90 Å². The third-order valence-corrected chi connectivity index (χ3v) is 5.80. The number of halogens is 4. The van der Waals surface area contributed by atoms with Gasteiger partial charge in [0.1, 0.15) is 5.82 Å². The molecule has 2 saturated heterocycles. The molecular weight excluding hydrogens is 472 g/mol. The lowest BCUT2D eigenvalue weighted by Gasteiger charge is -2.31. The molecule has 0 aromatic heterocycles. The first-order chi connectivity index (χ1) is 16.6. The zero-order valence-electron chi connectivity index (χ0n) is 19.5. The van der Waals surface area contributed by atoms with E-state index in [1.807, 2.05) is 4.90 Å². The predicted octanol–water partition coefficient (Wildman–Crippen LogP) is 2.21. The Kier molecular flexibility index (Phi) is 11.4. The molecule has 2 heterocycles. The minimum absolute atomic E-state index is 0.0801. The van der Waals surface area contributed by atoms with Crippen molar-refractivity contribution in [3.63, 3.8) is 0 Å². The molecular formula is C23H32F4N4O4. The Labute approximate surface area is 201 Å². The van der Waals surface area contributed by atoms with Crippen molar-refractivity contribution in [2.24, 2.45) is 0 Å². The summed E-state index contributed by atoms with van der Waals surface area (Å²) >= 11 is 0. The van der Waals surface area contributed by atoms with Crippen LogP contribution in [0, 0.1) is 5.82 Å². The molecule has 1 aromatic carbocycles. The Morgan fingerprint density at radius 2 is 1.63 bits per heavy atom. The second-order valence-corrected chi connectivity index (χ2v) is 8.39. The summed E-state index contributed by atoms with van der Waals surface area (Å²) in [6.07, 6.45) is -1.12. The van der Waals surface area contributed by atoms with Gasteiger partial charge in [0.15, 0.2) is 0 Å². The topological polar surface area (TPSA) is 93.2 Å². The molecule has 35 heavy (non-hydrogen) atoms. The van der Waals surface area contributed by atoms with Gasteiger partial charge < -0.3 is 25.1 Å². The van der Waals surface area contributed by atoms with E-state index in [0.29, 0.717) is 38.2 Å².